The van der Waals surface area contributed by atoms with E-state index in [1.165, 1.54) is 5.56 Å². The number of likely N-dealkylation sites (tertiary alicyclic amines) is 1. The molecule has 0 aromatic heterocycles. The van der Waals surface area contributed by atoms with Crippen LogP contribution in [0.5, 0.6) is 5.75 Å². The van der Waals surface area contributed by atoms with E-state index in [4.69, 9.17) is 4.74 Å². The number of aryl methyl sites for hydroxylation is 1. The molecule has 0 radical (unpaired) electrons. The van der Waals surface area contributed by atoms with Gasteiger partial charge in [-0.2, -0.15) is 0 Å². The first-order chi connectivity index (χ1) is 12.0. The van der Waals surface area contributed by atoms with Gasteiger partial charge in [-0.1, -0.05) is 24.1 Å². The van der Waals surface area contributed by atoms with Crippen LogP contribution < -0.4 is 10.1 Å². The molecule has 2 aliphatic rings. The lowest BCUT2D eigenvalue weighted by Gasteiger charge is -2.23. The molecule has 2 fully saturated rings. The van der Waals surface area contributed by atoms with Crippen molar-refractivity contribution in [1.82, 2.24) is 10.2 Å². The number of carbonyl (C=O) groups is 2. The van der Waals surface area contributed by atoms with Gasteiger partial charge in [0.25, 0.3) is 0 Å². The lowest BCUT2D eigenvalue weighted by atomic mass is 9.81. The number of nitrogens with zero attached hydrogens (tertiary/aromatic N) is 1. The smallest absolute Gasteiger partial charge is 0.317 e. The lowest BCUT2D eigenvalue weighted by molar-refractivity contribution is -0.149. The van der Waals surface area contributed by atoms with Gasteiger partial charge in [-0.3, -0.25) is 4.79 Å². The number of carbonyl (C=O) groups excluding carboxylic acids is 1. The summed E-state index contributed by atoms with van der Waals surface area (Å²) in [5.41, 5.74) is 0.473. The maximum absolute atomic E-state index is 12.3. The van der Waals surface area contributed by atoms with Crippen LogP contribution in [0.25, 0.3) is 0 Å². The topological polar surface area (TPSA) is 78.9 Å². The Hall–Kier alpha value is -2.24. The van der Waals surface area contributed by atoms with Gasteiger partial charge < -0.3 is 20.1 Å². The van der Waals surface area contributed by atoms with E-state index in [2.05, 4.69) is 5.32 Å². The number of nitrogens with one attached hydrogen (secondary N) is 1. The molecule has 0 bridgehead atoms. The Balaban J connectivity index is 1.39. The van der Waals surface area contributed by atoms with Crippen molar-refractivity contribution in [2.45, 2.75) is 32.6 Å². The minimum atomic E-state index is -0.753. The van der Waals surface area contributed by atoms with E-state index >= 15 is 0 Å². The molecule has 3 rings (SSSR count). The minimum Gasteiger partial charge on any atom is -0.494 e. The Morgan fingerprint density at radius 1 is 1.36 bits per heavy atom. The van der Waals surface area contributed by atoms with Gasteiger partial charge in [0.15, 0.2) is 0 Å². The predicted molar refractivity (Wildman–Crippen MR) is 93.7 cm³/mol. The average molecular weight is 346 g/mol. The highest BCUT2D eigenvalue weighted by Gasteiger charge is 2.55. The number of rotatable bonds is 6. The number of carboxylic acids is 1. The quantitative estimate of drug-likeness (QED) is 0.776. The molecule has 1 aliphatic carbocycles. The molecule has 136 valence electrons. The number of urea groups is 1. The summed E-state index contributed by atoms with van der Waals surface area (Å²) in [6.45, 7) is 3.97. The third-order valence-corrected chi connectivity index (χ3v) is 5.47. The van der Waals surface area contributed by atoms with E-state index in [1.54, 1.807) is 4.90 Å². The second kappa shape index (κ2) is 7.33. The van der Waals surface area contributed by atoms with Gasteiger partial charge in [-0.25, -0.2) is 4.79 Å². The van der Waals surface area contributed by atoms with Crippen molar-refractivity contribution >= 4 is 12.0 Å². The van der Waals surface area contributed by atoms with Crippen LogP contribution in [0.4, 0.5) is 4.79 Å². The molecule has 1 aromatic carbocycles. The molecule has 1 aliphatic heterocycles. The molecule has 0 spiro atoms. The van der Waals surface area contributed by atoms with E-state index in [9.17, 15) is 14.7 Å². The molecule has 25 heavy (non-hydrogen) atoms. The molecule has 1 saturated carbocycles. The van der Waals surface area contributed by atoms with Crippen molar-refractivity contribution in [1.29, 1.82) is 0 Å². The molecule has 2 N–H and O–H groups in total. The van der Waals surface area contributed by atoms with Crippen LogP contribution in [0, 0.1) is 18.3 Å². The number of amides is 2. The largest absolute Gasteiger partial charge is 0.494 e. The summed E-state index contributed by atoms with van der Waals surface area (Å²) in [6, 6.07) is 7.70. The molecular formula is C19H26N2O4. The molecule has 1 heterocycles. The highest BCUT2D eigenvalue weighted by Crippen LogP contribution is 2.48. The standard InChI is InChI=1S/C19H26N2O4/c1-14-5-7-16(8-6-14)25-11-3-10-20-18(24)21-12-15-4-2-9-19(15,13-21)17(22)23/h5-8,15H,2-4,9-13H2,1H3,(H,20,24)(H,22,23)/t15-,19+/m0/s1. The number of ether oxygens (including phenoxy) is 1. The van der Waals surface area contributed by atoms with E-state index in [-0.39, 0.29) is 11.9 Å². The normalized spacial score (nSPS) is 24.8. The first-order valence-corrected chi connectivity index (χ1v) is 8.97. The third-order valence-electron chi connectivity index (χ3n) is 5.47. The molecule has 6 heteroatoms. The average Bonchev–Trinajstić information content (AvgIpc) is 3.14. The highest BCUT2D eigenvalue weighted by atomic mass is 16.5. The SMILES string of the molecule is Cc1ccc(OCCCNC(=O)N2C[C@@H]3CCC[C@@]3(C(=O)O)C2)cc1. The number of fused-ring (bicyclic) bond motifs is 1. The Bertz CT molecular complexity index is 631. The fourth-order valence-electron chi connectivity index (χ4n) is 4.00. The fourth-order valence-corrected chi connectivity index (χ4v) is 4.00. The molecule has 1 aromatic rings. The van der Waals surface area contributed by atoms with Crippen LogP contribution in [0.2, 0.25) is 0 Å². The van der Waals surface area contributed by atoms with Crippen molar-refractivity contribution in [2.75, 3.05) is 26.2 Å². The van der Waals surface area contributed by atoms with Crippen molar-refractivity contribution in [3.05, 3.63) is 29.8 Å². The predicted octanol–water partition coefficient (Wildman–Crippen LogP) is 2.66. The third kappa shape index (κ3) is 3.72. The van der Waals surface area contributed by atoms with E-state index in [0.29, 0.717) is 39.1 Å². The zero-order chi connectivity index (χ0) is 17.9. The van der Waals surface area contributed by atoms with E-state index < -0.39 is 11.4 Å². The van der Waals surface area contributed by atoms with Crippen molar-refractivity contribution in [2.24, 2.45) is 11.3 Å². The van der Waals surface area contributed by atoms with Gasteiger partial charge in [0.2, 0.25) is 0 Å². The molecule has 2 amide bonds. The van der Waals surface area contributed by atoms with E-state index in [0.717, 1.165) is 18.6 Å². The summed E-state index contributed by atoms with van der Waals surface area (Å²) in [5, 5.41) is 12.4. The van der Waals surface area contributed by atoms with Crippen LogP contribution in [0.15, 0.2) is 24.3 Å². The van der Waals surface area contributed by atoms with Gasteiger partial charge >= 0.3 is 12.0 Å². The summed E-state index contributed by atoms with van der Waals surface area (Å²) in [6.07, 6.45) is 3.24. The minimum absolute atomic E-state index is 0.0978. The van der Waals surface area contributed by atoms with Gasteiger partial charge in [0, 0.05) is 19.6 Å². The molecule has 0 unspecified atom stereocenters. The summed E-state index contributed by atoms with van der Waals surface area (Å²) < 4.78 is 5.63. The van der Waals surface area contributed by atoms with Crippen LogP contribution in [-0.2, 0) is 4.79 Å². The van der Waals surface area contributed by atoms with Crippen LogP contribution >= 0.6 is 0 Å². The van der Waals surface area contributed by atoms with Crippen molar-refractivity contribution < 1.29 is 19.4 Å². The monoisotopic (exact) mass is 346 g/mol. The Labute approximate surface area is 148 Å². The van der Waals surface area contributed by atoms with Crippen molar-refractivity contribution in [3.63, 3.8) is 0 Å². The number of carboxylic acid groups (broad SMARTS) is 1. The second-order valence-corrected chi connectivity index (χ2v) is 7.18. The molecule has 2 atom stereocenters. The Morgan fingerprint density at radius 3 is 2.80 bits per heavy atom. The van der Waals surface area contributed by atoms with Crippen molar-refractivity contribution in [3.8, 4) is 5.75 Å². The Kier molecular flexibility index (Phi) is 5.16. The van der Waals surface area contributed by atoms with Crippen LogP contribution in [0.3, 0.4) is 0 Å². The number of aliphatic carboxylic acids is 1. The first kappa shape index (κ1) is 17.6. The molecular weight excluding hydrogens is 320 g/mol. The lowest BCUT2D eigenvalue weighted by Crippen LogP contribution is -2.42. The summed E-state index contributed by atoms with van der Waals surface area (Å²) in [5.74, 6) is 0.171. The number of hydrogen-bond acceptors (Lipinski definition) is 3. The zero-order valence-corrected chi connectivity index (χ0v) is 14.7. The zero-order valence-electron chi connectivity index (χ0n) is 14.7. The van der Waals surface area contributed by atoms with E-state index in [1.807, 2.05) is 31.2 Å². The fraction of sp³-hybridized carbons (Fsp3) is 0.579. The number of hydrogen-bond donors (Lipinski definition) is 2. The second-order valence-electron chi connectivity index (χ2n) is 7.18. The summed E-state index contributed by atoms with van der Waals surface area (Å²) in [4.78, 5) is 25.6. The maximum Gasteiger partial charge on any atom is 0.317 e. The van der Waals surface area contributed by atoms with Gasteiger partial charge in [-0.05, 0) is 44.2 Å². The van der Waals surface area contributed by atoms with Gasteiger partial charge in [0.1, 0.15) is 5.75 Å². The molecule has 6 nitrogen and oxygen atoms in total. The Morgan fingerprint density at radius 2 is 2.12 bits per heavy atom. The summed E-state index contributed by atoms with van der Waals surface area (Å²) >= 11 is 0. The van der Waals surface area contributed by atoms with Crippen LogP contribution in [-0.4, -0.2) is 48.2 Å². The maximum atomic E-state index is 12.3. The summed E-state index contributed by atoms with van der Waals surface area (Å²) in [7, 11) is 0. The first-order valence-electron chi connectivity index (χ1n) is 8.97. The molecule has 1 saturated heterocycles. The van der Waals surface area contributed by atoms with Gasteiger partial charge in [-0.15, -0.1) is 0 Å². The number of benzene rings is 1. The van der Waals surface area contributed by atoms with Gasteiger partial charge in [0.05, 0.1) is 12.0 Å². The highest BCUT2D eigenvalue weighted by molar-refractivity contribution is 5.80. The van der Waals surface area contributed by atoms with Crippen LogP contribution in [0.1, 0.15) is 31.2 Å².